The van der Waals surface area contributed by atoms with Gasteiger partial charge in [0.2, 0.25) is 0 Å². The smallest absolute Gasteiger partial charge is 0.676 e. The Balaban J connectivity index is -0.000000208. The number of hydrogen-bond acceptors (Lipinski definition) is 4. The number of carboxylic acids is 2. The van der Waals surface area contributed by atoms with E-state index in [1.165, 1.54) is 12.8 Å². The van der Waals surface area contributed by atoms with Crippen LogP contribution in [0.4, 0.5) is 0 Å². The van der Waals surface area contributed by atoms with Crippen LogP contribution >= 0.6 is 31.9 Å². The van der Waals surface area contributed by atoms with Gasteiger partial charge in [-0.1, -0.05) is 57.5 Å². The zero-order valence-corrected chi connectivity index (χ0v) is 15.5. The second-order valence-electron chi connectivity index (χ2n) is 3.51. The van der Waals surface area contributed by atoms with E-state index in [1.807, 2.05) is 0 Å². The van der Waals surface area contributed by atoms with Gasteiger partial charge in [-0.3, -0.25) is 0 Å². The average molecular weight is 583 g/mol. The van der Waals surface area contributed by atoms with E-state index in [1.54, 1.807) is 0 Å². The average Bonchev–Trinajstić information content (AvgIpc) is 2.34. The van der Waals surface area contributed by atoms with Gasteiger partial charge in [0.05, 0.1) is 11.9 Å². The monoisotopic (exact) mass is 581 g/mol. The molecule has 0 radical (unpaired) electrons. The number of carboxylic acid groups (broad SMARTS) is 2. The van der Waals surface area contributed by atoms with Crippen molar-refractivity contribution in [2.75, 3.05) is 10.7 Å². The number of nitrogens with one attached hydrogen (secondary N) is 2. The van der Waals surface area contributed by atoms with E-state index in [0.29, 0.717) is 0 Å². The van der Waals surface area contributed by atoms with Crippen molar-refractivity contribution in [1.82, 2.24) is 0 Å². The number of alkyl halides is 2. The van der Waals surface area contributed by atoms with Gasteiger partial charge in [-0.2, -0.15) is 12.1 Å². The summed E-state index contributed by atoms with van der Waals surface area (Å²) in [6, 6.07) is -0.160. The Morgan fingerprint density at radius 3 is 1.26 bits per heavy atom. The Morgan fingerprint density at radius 1 is 0.947 bits per heavy atom. The number of halogens is 2. The first kappa shape index (κ1) is 24.5. The van der Waals surface area contributed by atoms with Crippen molar-refractivity contribution in [3.05, 3.63) is 11.5 Å². The molecule has 1 rings (SSSR count). The Bertz CT molecular complexity index is 224. The van der Waals surface area contributed by atoms with Gasteiger partial charge in [0.1, 0.15) is 0 Å². The number of carbonyl (C=O) groups is 2. The molecule has 114 valence electrons. The summed E-state index contributed by atoms with van der Waals surface area (Å²) in [5.41, 5.74) is 14.6. The third-order valence-corrected chi connectivity index (χ3v) is 2.90. The van der Waals surface area contributed by atoms with Crippen molar-refractivity contribution < 1.29 is 40.9 Å². The fourth-order valence-electron chi connectivity index (χ4n) is 1.13. The molecule has 2 unspecified atom stereocenters. The molecule has 1 saturated carbocycles. The molecule has 0 aromatic rings. The first-order valence-corrected chi connectivity index (χ1v) is 7.53. The molecule has 0 amide bonds. The molecule has 0 heterocycles. The van der Waals surface area contributed by atoms with Crippen LogP contribution in [0.3, 0.4) is 0 Å². The molecule has 19 heavy (non-hydrogen) atoms. The van der Waals surface area contributed by atoms with Gasteiger partial charge in [-0.05, 0) is 0 Å². The Kier molecular flexibility index (Phi) is 21.4. The van der Waals surface area contributed by atoms with Crippen LogP contribution in [0.15, 0.2) is 0 Å². The number of carbonyl (C=O) groups excluding carboxylic acids is 2. The summed E-state index contributed by atoms with van der Waals surface area (Å²) < 4.78 is 0. The molecule has 9 heteroatoms. The maximum atomic E-state index is 9.21. The molecule has 2 atom stereocenters. The Morgan fingerprint density at radius 2 is 1.16 bits per heavy atom. The molecule has 0 spiro atoms. The van der Waals surface area contributed by atoms with Gasteiger partial charge in [0, 0.05) is 10.7 Å². The van der Waals surface area contributed by atoms with Crippen molar-refractivity contribution in [2.24, 2.45) is 0 Å². The molecule has 0 aromatic heterocycles. The molecule has 1 aliphatic rings. The van der Waals surface area contributed by atoms with E-state index in [-0.39, 0.29) is 43.8 Å². The van der Waals surface area contributed by atoms with Crippen LogP contribution in [0.5, 0.6) is 0 Å². The van der Waals surface area contributed by atoms with Gasteiger partial charge in [-0.15, -0.1) is 0 Å². The molecule has 6 nitrogen and oxygen atoms in total. The van der Waals surface area contributed by atoms with Crippen molar-refractivity contribution in [3.63, 3.8) is 0 Å². The Labute approximate surface area is 144 Å². The van der Waals surface area contributed by atoms with Crippen LogP contribution in [-0.4, -0.2) is 34.7 Å². The summed E-state index contributed by atoms with van der Waals surface area (Å²) in [6.07, 6.45) is 4.25. The van der Waals surface area contributed by atoms with Crippen molar-refractivity contribution in [1.29, 1.82) is 0 Å². The SMILES string of the molecule is O=C([O-])CBr.O=C([O-])CBr.[NH-]C1CCCCC1[NH-].[Pt+4]. The largest absolute Gasteiger partial charge is 4.00 e. The minimum absolute atomic E-state index is 0. The standard InChI is InChI=1S/C6H12N2.2C2H3BrO2.Pt/c7-5-3-1-2-4-6(5)8;2*3-1-2(4)5;/h5-8H,1-4H2;2*1H2,(H,4,5);/q-2;;;+4/p-2. The zero-order chi connectivity index (χ0) is 14.6. The summed E-state index contributed by atoms with van der Waals surface area (Å²) in [7, 11) is 0. The van der Waals surface area contributed by atoms with Gasteiger partial charge in [0.15, 0.2) is 0 Å². The molecule has 1 fully saturated rings. The fourth-order valence-corrected chi connectivity index (χ4v) is 1.13. The van der Waals surface area contributed by atoms with Crippen LogP contribution in [0.25, 0.3) is 11.5 Å². The molecule has 0 bridgehead atoms. The summed E-state index contributed by atoms with van der Waals surface area (Å²) in [6.45, 7) is 0. The van der Waals surface area contributed by atoms with E-state index < -0.39 is 11.9 Å². The van der Waals surface area contributed by atoms with Gasteiger partial charge in [0.25, 0.3) is 0 Å². The van der Waals surface area contributed by atoms with Crippen LogP contribution in [-0.2, 0) is 30.7 Å². The molecule has 0 aromatic carbocycles. The minimum atomic E-state index is -1.08. The topological polar surface area (TPSA) is 128 Å². The van der Waals surface area contributed by atoms with E-state index in [9.17, 15) is 19.8 Å². The van der Waals surface area contributed by atoms with Gasteiger partial charge < -0.3 is 31.3 Å². The molecule has 1 aliphatic carbocycles. The summed E-state index contributed by atoms with van der Waals surface area (Å²) >= 11 is 5.30. The quantitative estimate of drug-likeness (QED) is 0.443. The number of aliphatic carboxylic acids is 2. The molecular weight excluding hydrogens is 567 g/mol. The van der Waals surface area contributed by atoms with Crippen LogP contribution in [0, 0.1) is 0 Å². The molecular formula is C10H16Br2N2O4Pt. The maximum Gasteiger partial charge on any atom is 4.00 e. The first-order valence-electron chi connectivity index (χ1n) is 5.29. The maximum absolute atomic E-state index is 9.21. The predicted octanol–water partition coefficient (Wildman–Crippen LogP) is 0.662. The third kappa shape index (κ3) is 21.0. The van der Waals surface area contributed by atoms with E-state index >= 15 is 0 Å². The van der Waals surface area contributed by atoms with E-state index in [2.05, 4.69) is 31.9 Å². The number of hydrogen-bond donors (Lipinski definition) is 0. The third-order valence-electron chi connectivity index (χ3n) is 1.98. The van der Waals surface area contributed by atoms with Crippen molar-refractivity contribution in [3.8, 4) is 0 Å². The van der Waals surface area contributed by atoms with E-state index in [4.69, 9.17) is 11.5 Å². The summed E-state index contributed by atoms with van der Waals surface area (Å²) in [5, 5.41) is 18.3. The molecule has 2 N–H and O–H groups in total. The van der Waals surface area contributed by atoms with Gasteiger partial charge in [-0.25, -0.2) is 0 Å². The fraction of sp³-hybridized carbons (Fsp3) is 0.800. The molecule has 0 aliphatic heterocycles. The van der Waals surface area contributed by atoms with Crippen LogP contribution in [0.2, 0.25) is 0 Å². The van der Waals surface area contributed by atoms with E-state index in [0.717, 1.165) is 12.8 Å². The zero-order valence-electron chi connectivity index (χ0n) is 10.1. The molecule has 0 saturated heterocycles. The summed E-state index contributed by atoms with van der Waals surface area (Å²) in [4.78, 5) is 18.4. The van der Waals surface area contributed by atoms with Gasteiger partial charge >= 0.3 is 21.1 Å². The number of rotatable bonds is 2. The predicted molar refractivity (Wildman–Crippen MR) is 72.3 cm³/mol. The van der Waals surface area contributed by atoms with Crippen LogP contribution < -0.4 is 10.2 Å². The Hall–Kier alpha value is 0.508. The summed E-state index contributed by atoms with van der Waals surface area (Å²) in [5.74, 6) is -2.16. The second kappa shape index (κ2) is 16.6. The van der Waals surface area contributed by atoms with Crippen LogP contribution in [0.1, 0.15) is 25.7 Å². The van der Waals surface area contributed by atoms with Crippen molar-refractivity contribution >= 4 is 43.8 Å². The first-order chi connectivity index (χ1) is 8.34. The normalized spacial score (nSPS) is 20.6. The van der Waals surface area contributed by atoms with Crippen molar-refractivity contribution in [2.45, 2.75) is 37.8 Å². The minimum Gasteiger partial charge on any atom is -0.676 e. The second-order valence-corrected chi connectivity index (χ2v) is 4.63.